The maximum Gasteiger partial charge on any atom is 0.263 e. The van der Waals surface area contributed by atoms with Crippen molar-refractivity contribution in [1.29, 1.82) is 0 Å². The predicted octanol–water partition coefficient (Wildman–Crippen LogP) is 4.39. The van der Waals surface area contributed by atoms with Gasteiger partial charge in [-0.2, -0.15) is 0 Å². The van der Waals surface area contributed by atoms with Crippen LogP contribution >= 0.6 is 11.3 Å². The van der Waals surface area contributed by atoms with Gasteiger partial charge in [0.1, 0.15) is 22.9 Å². The highest BCUT2D eigenvalue weighted by Gasteiger charge is 2.23. The highest BCUT2D eigenvalue weighted by molar-refractivity contribution is 7.18. The molecule has 1 aliphatic rings. The molecule has 0 fully saturated rings. The van der Waals surface area contributed by atoms with Crippen LogP contribution in [0.15, 0.2) is 47.3 Å². The maximum atomic E-state index is 13.9. The van der Waals surface area contributed by atoms with E-state index in [2.05, 4.69) is 5.32 Å². The van der Waals surface area contributed by atoms with Gasteiger partial charge in [-0.1, -0.05) is 18.2 Å². The summed E-state index contributed by atoms with van der Waals surface area (Å²) in [6.07, 6.45) is 4.65. The van der Waals surface area contributed by atoms with E-state index in [1.54, 1.807) is 32.7 Å². The Balaban J connectivity index is 1.43. The zero-order valence-corrected chi connectivity index (χ0v) is 22.7. The Morgan fingerprint density at radius 2 is 1.84 bits per heavy atom. The molecule has 5 rings (SSSR count). The van der Waals surface area contributed by atoms with E-state index in [1.807, 2.05) is 42.5 Å². The number of carbonyl (C=O) groups is 1. The number of aryl methyl sites for hydroxylation is 2. The molecule has 0 saturated heterocycles. The van der Waals surface area contributed by atoms with Gasteiger partial charge in [0.15, 0.2) is 11.5 Å². The summed E-state index contributed by atoms with van der Waals surface area (Å²) in [6.45, 7) is 0.298. The molecule has 0 spiro atoms. The van der Waals surface area contributed by atoms with Gasteiger partial charge in [-0.25, -0.2) is 4.98 Å². The number of nitrogens with zero attached hydrogens (tertiary/aromatic N) is 2. The third-order valence-electron chi connectivity index (χ3n) is 6.89. The van der Waals surface area contributed by atoms with Crippen molar-refractivity contribution in [3.05, 3.63) is 68.8 Å². The molecule has 1 amide bonds. The fourth-order valence-electron chi connectivity index (χ4n) is 4.95. The number of benzene rings is 2. The van der Waals surface area contributed by atoms with E-state index in [0.29, 0.717) is 41.4 Å². The number of nitrogens with one attached hydrogen (secondary N) is 1. The average molecular weight is 534 g/mol. The Hall–Kier alpha value is -3.85. The summed E-state index contributed by atoms with van der Waals surface area (Å²) in [7, 11) is 4.79. The van der Waals surface area contributed by atoms with Crippen molar-refractivity contribution < 1.29 is 19.0 Å². The van der Waals surface area contributed by atoms with E-state index in [9.17, 15) is 9.59 Å². The second-order valence-corrected chi connectivity index (χ2v) is 10.3. The molecule has 38 heavy (non-hydrogen) atoms. The molecule has 2 aromatic heterocycles. The molecule has 8 nitrogen and oxygen atoms in total. The summed E-state index contributed by atoms with van der Waals surface area (Å²) < 4.78 is 17.6. The van der Waals surface area contributed by atoms with Crippen molar-refractivity contribution >= 4 is 27.5 Å². The standard InChI is InChI=1S/C29H31N3O5S/c1-35-20-8-6-7-19(16-20)27-31-28-26(21-9-4-5-10-24(21)38-28)29(34)32(27)17-25(33)30-14-13-18-11-12-22(36-2)23(15-18)37-3/h6-8,11-12,15-16H,4-5,9-10,13-14,17H2,1-3H3,(H,30,33). The van der Waals surface area contributed by atoms with Crippen LogP contribution in [0, 0.1) is 0 Å². The third-order valence-corrected chi connectivity index (χ3v) is 8.07. The van der Waals surface area contributed by atoms with E-state index < -0.39 is 0 Å². The Labute approximate surface area is 225 Å². The number of ether oxygens (including phenoxy) is 3. The Morgan fingerprint density at radius 3 is 2.63 bits per heavy atom. The summed E-state index contributed by atoms with van der Waals surface area (Å²) in [4.78, 5) is 33.9. The molecule has 0 saturated carbocycles. The van der Waals surface area contributed by atoms with Crippen LogP contribution in [0.25, 0.3) is 21.6 Å². The number of amides is 1. The molecule has 0 atom stereocenters. The van der Waals surface area contributed by atoms with E-state index in [0.717, 1.165) is 47.2 Å². The zero-order valence-electron chi connectivity index (χ0n) is 21.8. The molecule has 4 aromatic rings. The van der Waals surface area contributed by atoms with Crippen LogP contribution in [0.5, 0.6) is 17.2 Å². The van der Waals surface area contributed by atoms with E-state index in [4.69, 9.17) is 19.2 Å². The highest BCUT2D eigenvalue weighted by Crippen LogP contribution is 2.35. The second-order valence-electron chi connectivity index (χ2n) is 9.24. The summed E-state index contributed by atoms with van der Waals surface area (Å²) in [5, 5.41) is 3.62. The second kappa shape index (κ2) is 11.3. The van der Waals surface area contributed by atoms with Crippen molar-refractivity contribution in [3.8, 4) is 28.6 Å². The van der Waals surface area contributed by atoms with Gasteiger partial charge < -0.3 is 19.5 Å². The van der Waals surface area contributed by atoms with Crippen LogP contribution < -0.4 is 25.1 Å². The van der Waals surface area contributed by atoms with Gasteiger partial charge in [0.05, 0.1) is 26.7 Å². The molecule has 9 heteroatoms. The Bertz CT molecular complexity index is 1540. The minimum atomic E-state index is -0.248. The van der Waals surface area contributed by atoms with Gasteiger partial charge in [0, 0.05) is 17.0 Å². The molecular weight excluding hydrogens is 502 g/mol. The van der Waals surface area contributed by atoms with Gasteiger partial charge in [-0.05, 0) is 67.5 Å². The number of hydrogen-bond donors (Lipinski definition) is 1. The minimum Gasteiger partial charge on any atom is -0.497 e. The fourth-order valence-corrected chi connectivity index (χ4v) is 6.20. The van der Waals surface area contributed by atoms with Crippen LogP contribution in [0.4, 0.5) is 0 Å². The van der Waals surface area contributed by atoms with Crippen LogP contribution in [0.3, 0.4) is 0 Å². The first-order valence-corrected chi connectivity index (χ1v) is 13.5. The molecule has 1 N–H and O–H groups in total. The van der Waals surface area contributed by atoms with Crippen LogP contribution in [0.2, 0.25) is 0 Å². The first-order valence-electron chi connectivity index (χ1n) is 12.7. The highest BCUT2D eigenvalue weighted by atomic mass is 32.1. The Morgan fingerprint density at radius 1 is 1.03 bits per heavy atom. The molecule has 0 bridgehead atoms. The number of fused-ring (bicyclic) bond motifs is 3. The van der Waals surface area contributed by atoms with Crippen molar-refractivity contribution in [2.75, 3.05) is 27.9 Å². The normalized spacial score (nSPS) is 12.7. The maximum absolute atomic E-state index is 13.9. The van der Waals surface area contributed by atoms with Crippen LogP contribution in [0.1, 0.15) is 28.8 Å². The van der Waals surface area contributed by atoms with Gasteiger partial charge >= 0.3 is 0 Å². The predicted molar refractivity (Wildman–Crippen MR) is 149 cm³/mol. The average Bonchev–Trinajstić information content (AvgIpc) is 3.33. The summed E-state index contributed by atoms with van der Waals surface area (Å²) in [5.74, 6) is 2.18. The Kier molecular flexibility index (Phi) is 7.64. The van der Waals surface area contributed by atoms with Crippen molar-refractivity contribution in [3.63, 3.8) is 0 Å². The molecule has 2 aromatic carbocycles. The monoisotopic (exact) mass is 533 g/mol. The molecule has 0 aliphatic heterocycles. The van der Waals surface area contributed by atoms with Crippen LogP contribution in [-0.2, 0) is 30.6 Å². The lowest BCUT2D eigenvalue weighted by Crippen LogP contribution is -2.34. The molecular formula is C29H31N3O5S. The van der Waals surface area contributed by atoms with E-state index >= 15 is 0 Å². The number of thiophene rings is 1. The van der Waals surface area contributed by atoms with Crippen molar-refractivity contribution in [2.45, 2.75) is 38.6 Å². The lowest BCUT2D eigenvalue weighted by atomic mass is 9.97. The quantitative estimate of drug-likeness (QED) is 0.343. The molecule has 1 aliphatic carbocycles. The minimum absolute atomic E-state index is 0.120. The fraction of sp³-hybridized carbons (Fsp3) is 0.345. The van der Waals surface area contributed by atoms with Gasteiger partial charge in [-0.15, -0.1) is 11.3 Å². The molecule has 0 radical (unpaired) electrons. The number of rotatable bonds is 9. The lowest BCUT2D eigenvalue weighted by molar-refractivity contribution is -0.121. The van der Waals surface area contributed by atoms with Crippen molar-refractivity contribution in [1.82, 2.24) is 14.9 Å². The number of aromatic nitrogens is 2. The first-order chi connectivity index (χ1) is 18.5. The topological polar surface area (TPSA) is 91.7 Å². The molecule has 0 unspecified atom stereocenters. The third kappa shape index (κ3) is 5.11. The van der Waals surface area contributed by atoms with E-state index in [-0.39, 0.29) is 18.0 Å². The van der Waals surface area contributed by atoms with E-state index in [1.165, 1.54) is 9.44 Å². The van der Waals surface area contributed by atoms with Crippen molar-refractivity contribution in [2.24, 2.45) is 0 Å². The summed E-state index contributed by atoms with van der Waals surface area (Å²) >= 11 is 1.60. The summed E-state index contributed by atoms with van der Waals surface area (Å²) in [5.41, 5.74) is 2.67. The zero-order chi connectivity index (χ0) is 26.6. The molecule has 198 valence electrons. The van der Waals surface area contributed by atoms with Gasteiger partial charge in [0.25, 0.3) is 5.56 Å². The van der Waals surface area contributed by atoms with Gasteiger partial charge in [0.2, 0.25) is 5.91 Å². The number of methoxy groups -OCH3 is 3. The largest absolute Gasteiger partial charge is 0.497 e. The number of carbonyl (C=O) groups excluding carboxylic acids is 1. The first kappa shape index (κ1) is 25.8. The number of hydrogen-bond acceptors (Lipinski definition) is 7. The SMILES string of the molecule is COc1cccc(-c2nc3sc4c(c3c(=O)n2CC(=O)NCCc2ccc(OC)c(OC)c2)CCCC4)c1. The lowest BCUT2D eigenvalue weighted by Gasteiger charge is -2.15. The molecule has 2 heterocycles. The smallest absolute Gasteiger partial charge is 0.263 e. The van der Waals surface area contributed by atoms with Crippen LogP contribution in [-0.4, -0.2) is 43.3 Å². The van der Waals surface area contributed by atoms with Gasteiger partial charge in [-0.3, -0.25) is 14.2 Å². The summed E-state index contributed by atoms with van der Waals surface area (Å²) in [6, 6.07) is 13.1.